The summed E-state index contributed by atoms with van der Waals surface area (Å²) >= 11 is 12.6. The molecule has 2 aromatic carbocycles. The normalized spacial score (nSPS) is 11.5. The molecular formula is C22H18Cl2N4O3. The van der Waals surface area contributed by atoms with Gasteiger partial charge in [-0.1, -0.05) is 47.5 Å². The van der Waals surface area contributed by atoms with E-state index in [0.29, 0.717) is 22.0 Å². The molecule has 0 aliphatic heterocycles. The van der Waals surface area contributed by atoms with E-state index in [0.717, 1.165) is 5.56 Å². The van der Waals surface area contributed by atoms with Crippen LogP contribution in [0.1, 0.15) is 34.1 Å². The molecule has 7 nitrogen and oxygen atoms in total. The van der Waals surface area contributed by atoms with Crippen LogP contribution in [-0.2, 0) is 16.1 Å². The number of aromatic nitrogens is 2. The summed E-state index contributed by atoms with van der Waals surface area (Å²) in [6.07, 6.45) is -1.10. The van der Waals surface area contributed by atoms with Gasteiger partial charge in [-0.15, -0.1) is 0 Å². The Morgan fingerprint density at radius 2 is 1.97 bits per heavy atom. The second-order valence-electron chi connectivity index (χ2n) is 6.73. The standard InChI is InChI=1S/C22H18Cl2N4O3/c1-13-19(20(24)28(27-13)12-16-7-3-4-9-18(16)23)22(30)31-14(2)21(29)26-17-8-5-6-15(10-17)11-25/h3-10,14H,12H2,1-2H3,(H,26,29)/t14-/m0/s1. The smallest absolute Gasteiger partial charge is 0.343 e. The van der Waals surface area contributed by atoms with Crippen molar-refractivity contribution in [2.75, 3.05) is 5.32 Å². The molecule has 3 rings (SSSR count). The van der Waals surface area contributed by atoms with Crippen LogP contribution in [-0.4, -0.2) is 27.8 Å². The SMILES string of the molecule is Cc1nn(Cc2ccccc2Cl)c(Cl)c1C(=O)O[C@@H](C)C(=O)Nc1cccc(C#N)c1. The van der Waals surface area contributed by atoms with Crippen LogP contribution in [0.2, 0.25) is 10.2 Å². The van der Waals surface area contributed by atoms with E-state index >= 15 is 0 Å². The fourth-order valence-corrected chi connectivity index (χ4v) is 3.37. The van der Waals surface area contributed by atoms with Crippen molar-refractivity contribution in [3.8, 4) is 6.07 Å². The van der Waals surface area contributed by atoms with Crippen molar-refractivity contribution in [3.63, 3.8) is 0 Å². The average molecular weight is 457 g/mol. The minimum atomic E-state index is -1.10. The summed E-state index contributed by atoms with van der Waals surface area (Å²) < 4.78 is 6.75. The van der Waals surface area contributed by atoms with Crippen LogP contribution in [0.3, 0.4) is 0 Å². The van der Waals surface area contributed by atoms with E-state index in [1.165, 1.54) is 17.7 Å². The number of rotatable bonds is 6. The molecule has 3 aromatic rings. The Hall–Kier alpha value is -3.34. The Bertz CT molecular complexity index is 1180. The van der Waals surface area contributed by atoms with Crippen molar-refractivity contribution in [3.05, 3.63) is 81.1 Å². The largest absolute Gasteiger partial charge is 0.449 e. The van der Waals surface area contributed by atoms with Gasteiger partial charge in [0.05, 0.1) is 23.9 Å². The molecule has 1 aromatic heterocycles. The van der Waals surface area contributed by atoms with Crippen LogP contribution in [0.15, 0.2) is 48.5 Å². The molecular weight excluding hydrogens is 439 g/mol. The number of nitrogens with zero attached hydrogens (tertiary/aromatic N) is 3. The fourth-order valence-electron chi connectivity index (χ4n) is 2.86. The van der Waals surface area contributed by atoms with Crippen LogP contribution < -0.4 is 5.32 Å². The Kier molecular flexibility index (Phi) is 6.95. The average Bonchev–Trinajstić information content (AvgIpc) is 3.02. The molecule has 0 saturated carbocycles. The van der Waals surface area contributed by atoms with Gasteiger partial charge in [-0.25, -0.2) is 9.48 Å². The minimum Gasteiger partial charge on any atom is -0.449 e. The molecule has 9 heteroatoms. The van der Waals surface area contributed by atoms with Crippen molar-refractivity contribution in [2.45, 2.75) is 26.5 Å². The number of anilines is 1. The first-order valence-corrected chi connectivity index (χ1v) is 10.0. The van der Waals surface area contributed by atoms with Crippen LogP contribution in [0, 0.1) is 18.3 Å². The van der Waals surface area contributed by atoms with E-state index in [-0.39, 0.29) is 17.3 Å². The predicted octanol–water partition coefficient (Wildman–Crippen LogP) is 4.60. The third kappa shape index (κ3) is 5.23. The van der Waals surface area contributed by atoms with E-state index in [2.05, 4.69) is 10.4 Å². The highest BCUT2D eigenvalue weighted by atomic mass is 35.5. The zero-order valence-electron chi connectivity index (χ0n) is 16.7. The van der Waals surface area contributed by atoms with Crippen LogP contribution in [0.4, 0.5) is 5.69 Å². The summed E-state index contributed by atoms with van der Waals surface area (Å²) in [4.78, 5) is 25.1. The van der Waals surface area contributed by atoms with E-state index < -0.39 is 18.0 Å². The monoisotopic (exact) mass is 456 g/mol. The summed E-state index contributed by atoms with van der Waals surface area (Å²) in [6, 6.07) is 15.6. The highest BCUT2D eigenvalue weighted by molar-refractivity contribution is 6.33. The molecule has 1 amide bonds. The van der Waals surface area contributed by atoms with Gasteiger partial charge in [0.15, 0.2) is 6.10 Å². The topological polar surface area (TPSA) is 97.0 Å². The Morgan fingerprint density at radius 3 is 2.68 bits per heavy atom. The highest BCUT2D eigenvalue weighted by Crippen LogP contribution is 2.24. The van der Waals surface area contributed by atoms with E-state index in [9.17, 15) is 9.59 Å². The number of aryl methyl sites for hydroxylation is 1. The van der Waals surface area contributed by atoms with E-state index in [1.807, 2.05) is 24.3 Å². The van der Waals surface area contributed by atoms with Gasteiger partial charge in [0.25, 0.3) is 5.91 Å². The number of esters is 1. The van der Waals surface area contributed by atoms with Gasteiger partial charge < -0.3 is 10.1 Å². The van der Waals surface area contributed by atoms with Gasteiger partial charge in [-0.3, -0.25) is 4.79 Å². The second-order valence-corrected chi connectivity index (χ2v) is 7.49. The lowest BCUT2D eigenvalue weighted by atomic mass is 10.2. The lowest BCUT2D eigenvalue weighted by Crippen LogP contribution is -2.30. The first kappa shape index (κ1) is 22.3. The number of halogens is 2. The molecule has 0 aliphatic rings. The molecule has 0 aliphatic carbocycles. The number of carbonyl (C=O) groups is 2. The number of hydrogen-bond donors (Lipinski definition) is 1. The van der Waals surface area contributed by atoms with E-state index in [1.54, 1.807) is 31.2 Å². The maximum atomic E-state index is 12.7. The maximum Gasteiger partial charge on any atom is 0.343 e. The van der Waals surface area contributed by atoms with E-state index in [4.69, 9.17) is 33.2 Å². The summed E-state index contributed by atoms with van der Waals surface area (Å²) in [7, 11) is 0. The van der Waals surface area contributed by atoms with Crippen LogP contribution in [0.5, 0.6) is 0 Å². The zero-order valence-corrected chi connectivity index (χ0v) is 18.2. The molecule has 158 valence electrons. The third-order valence-corrected chi connectivity index (χ3v) is 5.21. The predicted molar refractivity (Wildman–Crippen MR) is 117 cm³/mol. The number of hydrogen-bond acceptors (Lipinski definition) is 5. The number of nitriles is 1. The molecule has 1 atom stereocenters. The highest BCUT2D eigenvalue weighted by Gasteiger charge is 2.26. The van der Waals surface area contributed by atoms with Crippen molar-refractivity contribution in [1.82, 2.24) is 9.78 Å². The molecule has 0 radical (unpaired) electrons. The molecule has 1 N–H and O–H groups in total. The summed E-state index contributed by atoms with van der Waals surface area (Å²) in [5.74, 6) is -1.30. The van der Waals surface area contributed by atoms with Crippen molar-refractivity contribution < 1.29 is 14.3 Å². The fraction of sp³-hybridized carbons (Fsp3) is 0.182. The number of nitrogens with one attached hydrogen (secondary N) is 1. The first-order chi connectivity index (χ1) is 14.8. The molecule has 1 heterocycles. The van der Waals surface area contributed by atoms with Crippen molar-refractivity contribution in [2.24, 2.45) is 0 Å². The molecule has 0 bridgehead atoms. The lowest BCUT2D eigenvalue weighted by Gasteiger charge is -2.13. The quantitative estimate of drug-likeness (QED) is 0.546. The summed E-state index contributed by atoms with van der Waals surface area (Å²) in [5, 5.41) is 16.5. The van der Waals surface area contributed by atoms with Gasteiger partial charge in [0, 0.05) is 10.7 Å². The first-order valence-electron chi connectivity index (χ1n) is 9.28. The third-order valence-electron chi connectivity index (χ3n) is 4.46. The molecule has 31 heavy (non-hydrogen) atoms. The lowest BCUT2D eigenvalue weighted by molar-refractivity contribution is -0.123. The zero-order chi connectivity index (χ0) is 22.5. The van der Waals surface area contributed by atoms with Crippen molar-refractivity contribution in [1.29, 1.82) is 5.26 Å². The Labute approximate surface area is 189 Å². The molecule has 0 saturated heterocycles. The Morgan fingerprint density at radius 1 is 1.23 bits per heavy atom. The number of carbonyl (C=O) groups excluding carboxylic acids is 2. The number of amides is 1. The van der Waals surface area contributed by atoms with Crippen molar-refractivity contribution >= 4 is 40.8 Å². The number of ether oxygens (including phenoxy) is 1. The number of benzene rings is 2. The minimum absolute atomic E-state index is 0.0832. The second kappa shape index (κ2) is 9.65. The van der Waals surface area contributed by atoms with Gasteiger partial charge in [0.1, 0.15) is 10.7 Å². The maximum absolute atomic E-state index is 12.7. The van der Waals surface area contributed by atoms with Gasteiger partial charge in [-0.05, 0) is 43.7 Å². The van der Waals surface area contributed by atoms with Crippen LogP contribution >= 0.6 is 23.2 Å². The molecule has 0 unspecified atom stereocenters. The summed E-state index contributed by atoms with van der Waals surface area (Å²) in [6.45, 7) is 3.35. The van der Waals surface area contributed by atoms with Gasteiger partial charge in [0.2, 0.25) is 0 Å². The Balaban J connectivity index is 1.71. The molecule has 0 spiro atoms. The molecule has 0 fully saturated rings. The van der Waals surface area contributed by atoms with Gasteiger partial charge >= 0.3 is 5.97 Å². The van der Waals surface area contributed by atoms with Gasteiger partial charge in [-0.2, -0.15) is 10.4 Å². The van der Waals surface area contributed by atoms with Crippen LogP contribution in [0.25, 0.3) is 0 Å². The summed E-state index contributed by atoms with van der Waals surface area (Å²) in [5.41, 5.74) is 2.07.